The number of carboxylic acid groups (broad SMARTS) is 1. The monoisotopic (exact) mass is 390 g/mol. The number of carbonyl (C=O) groups excluding carboxylic acids is 2. The van der Waals surface area contributed by atoms with E-state index in [1.54, 1.807) is 0 Å². The van der Waals surface area contributed by atoms with Gasteiger partial charge in [0.1, 0.15) is 5.82 Å². The first kappa shape index (κ1) is 18.9. The second kappa shape index (κ2) is 7.91. The average Bonchev–Trinajstić information content (AvgIpc) is 2.49. The van der Waals surface area contributed by atoms with Crippen LogP contribution in [0.4, 0.5) is 14.9 Å². The lowest BCUT2D eigenvalue weighted by Gasteiger charge is -2.21. The van der Waals surface area contributed by atoms with Crippen LogP contribution in [-0.4, -0.2) is 48.7 Å². The number of carbonyl (C=O) groups is 3. The number of nitrogens with one attached hydrogen (secondary N) is 1. The Balaban J connectivity index is 2.99. The highest BCUT2D eigenvalue weighted by Crippen LogP contribution is 2.25. The first-order valence-electron chi connectivity index (χ1n) is 6.49. The number of hydrogen-bond acceptors (Lipinski definition) is 4. The van der Waals surface area contributed by atoms with Crippen molar-refractivity contribution in [1.82, 2.24) is 4.90 Å². The summed E-state index contributed by atoms with van der Waals surface area (Å²) >= 11 is 2.95. The van der Waals surface area contributed by atoms with E-state index in [4.69, 9.17) is 5.11 Å². The number of aliphatic carboxylic acids is 1. The molecule has 0 saturated heterocycles. The zero-order valence-electron chi connectivity index (χ0n) is 12.7. The maximum Gasteiger partial charge on any atom is 0.340 e. The van der Waals surface area contributed by atoms with Crippen molar-refractivity contribution in [1.29, 1.82) is 0 Å². The van der Waals surface area contributed by atoms with E-state index in [1.807, 2.05) is 0 Å². The van der Waals surface area contributed by atoms with Crippen LogP contribution in [0.2, 0.25) is 0 Å². The molecule has 0 saturated carbocycles. The Morgan fingerprint density at radius 3 is 2.57 bits per heavy atom. The Kier molecular flexibility index (Phi) is 6.49. The second-order valence-corrected chi connectivity index (χ2v) is 5.71. The molecule has 1 rings (SSSR count). The van der Waals surface area contributed by atoms with Crippen molar-refractivity contribution >= 4 is 39.6 Å². The summed E-state index contributed by atoms with van der Waals surface area (Å²) in [5, 5.41) is 11.2. The zero-order chi connectivity index (χ0) is 17.7. The van der Waals surface area contributed by atoms with Gasteiger partial charge in [-0.2, -0.15) is 0 Å². The van der Waals surface area contributed by atoms with Crippen LogP contribution in [0.25, 0.3) is 0 Å². The fraction of sp³-hybridized carbons (Fsp3) is 0.357. The smallest absolute Gasteiger partial charge is 0.340 e. The predicted octanol–water partition coefficient (Wildman–Crippen LogP) is 2.56. The summed E-state index contributed by atoms with van der Waals surface area (Å²) in [4.78, 5) is 35.7. The van der Waals surface area contributed by atoms with E-state index in [-0.39, 0.29) is 22.3 Å². The molecule has 23 heavy (non-hydrogen) atoms. The van der Waals surface area contributed by atoms with Crippen LogP contribution in [0.3, 0.4) is 0 Å². The molecule has 1 unspecified atom stereocenters. The number of ether oxygens (including phenoxy) is 1. The van der Waals surface area contributed by atoms with Gasteiger partial charge in [0.05, 0.1) is 28.8 Å². The van der Waals surface area contributed by atoms with Crippen LogP contribution in [0.1, 0.15) is 17.3 Å². The van der Waals surface area contributed by atoms with Crippen molar-refractivity contribution in [2.45, 2.75) is 6.92 Å². The summed E-state index contributed by atoms with van der Waals surface area (Å²) in [6.07, 6.45) is 0. The van der Waals surface area contributed by atoms with Gasteiger partial charge < -0.3 is 20.1 Å². The maximum atomic E-state index is 13.7. The van der Waals surface area contributed by atoms with Gasteiger partial charge in [0.25, 0.3) is 0 Å². The molecule has 0 aliphatic rings. The lowest BCUT2D eigenvalue weighted by atomic mass is 10.1. The quantitative estimate of drug-likeness (QED) is 0.753. The molecule has 7 nitrogen and oxygen atoms in total. The Morgan fingerprint density at radius 2 is 2.04 bits per heavy atom. The van der Waals surface area contributed by atoms with Gasteiger partial charge in [0, 0.05) is 13.6 Å². The van der Waals surface area contributed by atoms with Gasteiger partial charge in [-0.25, -0.2) is 14.0 Å². The minimum absolute atomic E-state index is 0.0335. The van der Waals surface area contributed by atoms with Gasteiger partial charge in [-0.15, -0.1) is 0 Å². The highest BCUT2D eigenvalue weighted by Gasteiger charge is 2.21. The molecule has 0 bridgehead atoms. The molecule has 0 aliphatic carbocycles. The molecule has 1 atom stereocenters. The molecule has 1 aromatic rings. The third kappa shape index (κ3) is 4.92. The lowest BCUT2D eigenvalue weighted by molar-refractivity contribution is -0.141. The van der Waals surface area contributed by atoms with E-state index in [1.165, 1.54) is 20.0 Å². The van der Waals surface area contributed by atoms with Crippen LogP contribution in [0.15, 0.2) is 16.6 Å². The minimum Gasteiger partial charge on any atom is -0.481 e. The van der Waals surface area contributed by atoms with Gasteiger partial charge in [-0.05, 0) is 28.1 Å². The van der Waals surface area contributed by atoms with Crippen LogP contribution < -0.4 is 5.32 Å². The van der Waals surface area contributed by atoms with Gasteiger partial charge >= 0.3 is 18.0 Å². The van der Waals surface area contributed by atoms with Crippen LogP contribution in [0, 0.1) is 11.7 Å². The van der Waals surface area contributed by atoms with Crippen LogP contribution in [-0.2, 0) is 9.53 Å². The van der Waals surface area contributed by atoms with Crippen LogP contribution in [0.5, 0.6) is 0 Å². The largest absolute Gasteiger partial charge is 0.481 e. The fourth-order valence-electron chi connectivity index (χ4n) is 1.71. The number of halogens is 2. The summed E-state index contributed by atoms with van der Waals surface area (Å²) in [6, 6.07) is 1.49. The molecule has 2 amide bonds. The molecule has 9 heteroatoms. The highest BCUT2D eigenvalue weighted by atomic mass is 79.9. The van der Waals surface area contributed by atoms with Crippen LogP contribution >= 0.6 is 15.9 Å². The Bertz CT molecular complexity index is 638. The summed E-state index contributed by atoms with van der Waals surface area (Å²) < 4.78 is 18.3. The topological polar surface area (TPSA) is 95.9 Å². The number of nitrogens with zero attached hydrogens (tertiary/aromatic N) is 1. The van der Waals surface area contributed by atoms with Crippen molar-refractivity contribution in [2.24, 2.45) is 5.92 Å². The second-order valence-electron chi connectivity index (χ2n) is 4.85. The van der Waals surface area contributed by atoms with Gasteiger partial charge in [-0.3, -0.25) is 4.79 Å². The minimum atomic E-state index is -1.05. The third-order valence-electron chi connectivity index (χ3n) is 3.02. The number of esters is 1. The Morgan fingerprint density at radius 1 is 1.43 bits per heavy atom. The molecule has 0 fully saturated rings. The Hall–Kier alpha value is -2.16. The first-order chi connectivity index (χ1) is 10.7. The summed E-state index contributed by atoms with van der Waals surface area (Å²) in [5.41, 5.74) is -0.105. The molecule has 1 aromatic carbocycles. The van der Waals surface area contributed by atoms with Crippen molar-refractivity contribution in [3.05, 3.63) is 28.0 Å². The number of rotatable bonds is 5. The number of carboxylic acids is 1. The van der Waals surface area contributed by atoms with Crippen molar-refractivity contribution in [3.63, 3.8) is 0 Å². The maximum absolute atomic E-state index is 13.7. The first-order valence-corrected chi connectivity index (χ1v) is 7.29. The van der Waals surface area contributed by atoms with Gasteiger partial charge in [-0.1, -0.05) is 6.92 Å². The van der Waals surface area contributed by atoms with E-state index in [9.17, 15) is 18.8 Å². The molecule has 0 heterocycles. The van der Waals surface area contributed by atoms with Crippen molar-refractivity contribution < 1.29 is 28.6 Å². The SMILES string of the molecule is COC(=O)c1cc(Br)c(F)cc1NC(=O)N(C)CC(C)C(=O)O. The molecular formula is C14H16BrFN2O5. The predicted molar refractivity (Wildman–Crippen MR) is 83.9 cm³/mol. The molecular weight excluding hydrogens is 375 g/mol. The number of hydrogen-bond donors (Lipinski definition) is 2. The van der Waals surface area contributed by atoms with E-state index in [2.05, 4.69) is 26.0 Å². The third-order valence-corrected chi connectivity index (χ3v) is 3.63. The Labute approximate surface area is 140 Å². The van der Waals surface area contributed by atoms with E-state index >= 15 is 0 Å². The molecule has 0 aromatic heterocycles. The number of anilines is 1. The summed E-state index contributed by atoms with van der Waals surface area (Å²) in [6.45, 7) is 1.40. The van der Waals surface area contributed by atoms with E-state index in [0.29, 0.717) is 0 Å². The number of amides is 2. The molecule has 0 spiro atoms. The zero-order valence-corrected chi connectivity index (χ0v) is 14.3. The fourth-order valence-corrected chi connectivity index (χ4v) is 2.05. The van der Waals surface area contributed by atoms with Gasteiger partial charge in [0.15, 0.2) is 0 Å². The number of benzene rings is 1. The molecule has 0 radical (unpaired) electrons. The summed E-state index contributed by atoms with van der Waals surface area (Å²) in [7, 11) is 2.55. The van der Waals surface area contributed by atoms with Crippen molar-refractivity contribution in [2.75, 3.05) is 26.0 Å². The van der Waals surface area contributed by atoms with E-state index in [0.717, 1.165) is 18.1 Å². The number of urea groups is 1. The van der Waals surface area contributed by atoms with Gasteiger partial charge in [0.2, 0.25) is 0 Å². The number of methoxy groups -OCH3 is 1. The average molecular weight is 391 g/mol. The van der Waals surface area contributed by atoms with Crippen molar-refractivity contribution in [3.8, 4) is 0 Å². The molecule has 0 aliphatic heterocycles. The molecule has 2 N–H and O–H groups in total. The lowest BCUT2D eigenvalue weighted by Crippen LogP contribution is -2.37. The molecule has 126 valence electrons. The standard InChI is InChI=1S/C14H16BrFN2O5/c1-7(12(19)20)6-18(2)14(22)17-11-5-10(16)9(15)4-8(11)13(21)23-3/h4-5,7H,6H2,1-3H3,(H,17,22)(H,19,20). The summed E-state index contributed by atoms with van der Waals surface area (Å²) in [5.74, 6) is -3.24. The normalized spacial score (nSPS) is 11.5. The highest BCUT2D eigenvalue weighted by molar-refractivity contribution is 9.10. The van der Waals surface area contributed by atoms with E-state index < -0.39 is 29.7 Å².